The predicted octanol–water partition coefficient (Wildman–Crippen LogP) is 8.46. The lowest BCUT2D eigenvalue weighted by molar-refractivity contribution is -0.249. The fourth-order valence-electron chi connectivity index (χ4n) is 1.89. The summed E-state index contributed by atoms with van der Waals surface area (Å²) in [5.74, 6) is -11.9. The molecule has 39 heavy (non-hydrogen) atoms. The van der Waals surface area contributed by atoms with Gasteiger partial charge in [0.15, 0.2) is 6.10 Å². The summed E-state index contributed by atoms with van der Waals surface area (Å²) in [6.07, 6.45) is -5.59. The summed E-state index contributed by atoms with van der Waals surface area (Å²) in [6, 6.07) is 0. The molecule has 1 aliphatic rings. The van der Waals surface area contributed by atoms with Crippen LogP contribution in [0.4, 0.5) is 30.7 Å². The average molecular weight is 593 g/mol. The fourth-order valence-corrected chi connectivity index (χ4v) is 1.89. The zero-order chi connectivity index (χ0) is 28.1. The van der Waals surface area contributed by atoms with Crippen molar-refractivity contribution in [3.63, 3.8) is 0 Å². The number of carbonyl (C=O) groups is 2. The maximum atomic E-state index is 13.2. The van der Waals surface area contributed by atoms with E-state index in [1.165, 1.54) is 6.92 Å². The molecule has 1 atom stereocenters. The number of hydrogen-bond donors (Lipinski definition) is 0. The topological polar surface area (TPSA) is 71.1 Å². The molecule has 13 heteroatoms. The first-order valence-electron chi connectivity index (χ1n) is 10.9. The third-order valence-corrected chi connectivity index (χ3v) is 5.74. The predicted molar refractivity (Wildman–Crippen MR) is 138 cm³/mol. The van der Waals surface area contributed by atoms with E-state index in [-0.39, 0.29) is 29.7 Å². The van der Waals surface area contributed by atoms with Crippen LogP contribution in [0.1, 0.15) is 97.9 Å². The van der Waals surface area contributed by atoms with Crippen molar-refractivity contribution in [2.24, 2.45) is 10.8 Å². The van der Waals surface area contributed by atoms with Crippen molar-refractivity contribution in [2.75, 3.05) is 19.8 Å². The molecule has 0 aromatic carbocycles. The third-order valence-electron chi connectivity index (χ3n) is 5.74. The van der Waals surface area contributed by atoms with E-state index in [0.717, 1.165) is 6.92 Å². The van der Waals surface area contributed by atoms with Gasteiger partial charge in [-0.15, -0.1) is 0 Å². The van der Waals surface area contributed by atoms with Crippen LogP contribution in [0, 0.1) is 10.8 Å². The van der Waals surface area contributed by atoms with Gasteiger partial charge in [-0.2, -0.15) is 30.7 Å². The molecule has 240 valence electrons. The van der Waals surface area contributed by atoms with Gasteiger partial charge in [-0.25, -0.2) is 0 Å². The highest BCUT2D eigenvalue weighted by Gasteiger charge is 2.60. The zero-order valence-electron chi connectivity index (χ0n) is 21.2. The SMILES string of the molecule is C.C.C.C.CCC(C)(C)C(=O)OC(C)C(F)(F)F.CCC(C)(C)C(=O)OCC1(C)OCC(F)(F)C(F)(F)CO1. The summed E-state index contributed by atoms with van der Waals surface area (Å²) in [5.41, 5.74) is -1.63. The van der Waals surface area contributed by atoms with E-state index in [1.807, 2.05) is 0 Å². The molecule has 0 spiro atoms. The molecule has 1 fully saturated rings. The lowest BCUT2D eigenvalue weighted by atomic mass is 9.90. The molecule has 0 N–H and O–H groups in total. The van der Waals surface area contributed by atoms with Crippen LogP contribution in [0.15, 0.2) is 0 Å². The first-order valence-corrected chi connectivity index (χ1v) is 10.9. The van der Waals surface area contributed by atoms with Crippen molar-refractivity contribution in [1.82, 2.24) is 0 Å². The van der Waals surface area contributed by atoms with Crippen LogP contribution in [-0.2, 0) is 28.5 Å². The Morgan fingerprint density at radius 1 is 0.795 bits per heavy atom. The third kappa shape index (κ3) is 14.0. The van der Waals surface area contributed by atoms with Crippen molar-refractivity contribution in [2.45, 2.75) is 128 Å². The quantitative estimate of drug-likeness (QED) is 0.218. The second-order valence-electron chi connectivity index (χ2n) is 9.76. The molecule has 6 nitrogen and oxygen atoms in total. The highest BCUT2D eigenvalue weighted by Crippen LogP contribution is 2.39. The first kappa shape index (κ1) is 47.2. The number of ether oxygens (including phenoxy) is 4. The van der Waals surface area contributed by atoms with Crippen LogP contribution in [0.2, 0.25) is 0 Å². The van der Waals surface area contributed by atoms with Crippen LogP contribution in [0.3, 0.4) is 0 Å². The summed E-state index contributed by atoms with van der Waals surface area (Å²) in [7, 11) is 0. The van der Waals surface area contributed by atoms with Gasteiger partial charge in [-0.1, -0.05) is 43.6 Å². The van der Waals surface area contributed by atoms with Crippen LogP contribution in [0.25, 0.3) is 0 Å². The monoisotopic (exact) mass is 592 g/mol. The minimum atomic E-state index is -4.49. The molecule has 1 aliphatic heterocycles. The molecule has 1 heterocycles. The van der Waals surface area contributed by atoms with Crippen molar-refractivity contribution in [1.29, 1.82) is 0 Å². The maximum absolute atomic E-state index is 13.2. The smallest absolute Gasteiger partial charge is 0.425 e. The van der Waals surface area contributed by atoms with Crippen molar-refractivity contribution in [3.05, 3.63) is 0 Å². The van der Waals surface area contributed by atoms with Crippen LogP contribution < -0.4 is 0 Å². The van der Waals surface area contributed by atoms with E-state index in [1.54, 1.807) is 41.5 Å². The number of rotatable bonds is 7. The molecule has 0 amide bonds. The van der Waals surface area contributed by atoms with Crippen LogP contribution >= 0.6 is 0 Å². The Morgan fingerprint density at radius 3 is 1.44 bits per heavy atom. The number of carbonyl (C=O) groups excluding carboxylic acids is 2. The highest BCUT2D eigenvalue weighted by atomic mass is 19.4. The zero-order valence-corrected chi connectivity index (χ0v) is 21.2. The van der Waals surface area contributed by atoms with Gasteiger partial charge in [0.2, 0.25) is 5.79 Å². The summed E-state index contributed by atoms with van der Waals surface area (Å²) < 4.78 is 107. The maximum Gasteiger partial charge on any atom is 0.425 e. The van der Waals surface area contributed by atoms with E-state index in [2.05, 4.69) is 4.74 Å². The fraction of sp³-hybridized carbons (Fsp3) is 0.923. The van der Waals surface area contributed by atoms with E-state index < -0.39 is 72.5 Å². The number of halogens is 7. The Morgan fingerprint density at radius 2 is 1.13 bits per heavy atom. The molecule has 1 rings (SSSR count). The number of alkyl halides is 7. The van der Waals surface area contributed by atoms with Gasteiger partial charge in [0.25, 0.3) is 0 Å². The minimum absolute atomic E-state index is 0. The van der Waals surface area contributed by atoms with E-state index >= 15 is 0 Å². The highest BCUT2D eigenvalue weighted by molar-refractivity contribution is 5.76. The Bertz CT molecular complexity index is 704. The second kappa shape index (κ2) is 16.6. The van der Waals surface area contributed by atoms with Gasteiger partial charge in [-0.3, -0.25) is 9.59 Å². The van der Waals surface area contributed by atoms with Gasteiger partial charge >= 0.3 is 30.0 Å². The molecule has 0 saturated carbocycles. The van der Waals surface area contributed by atoms with Crippen molar-refractivity contribution in [3.8, 4) is 0 Å². The summed E-state index contributed by atoms with van der Waals surface area (Å²) in [4.78, 5) is 23.0. The van der Waals surface area contributed by atoms with Gasteiger partial charge < -0.3 is 18.9 Å². The van der Waals surface area contributed by atoms with Crippen LogP contribution in [-0.4, -0.2) is 61.7 Å². The van der Waals surface area contributed by atoms with Gasteiger partial charge in [0, 0.05) is 0 Å². The van der Waals surface area contributed by atoms with Crippen molar-refractivity contribution >= 4 is 11.9 Å². The first-order chi connectivity index (χ1) is 15.5. The lowest BCUT2D eigenvalue weighted by Crippen LogP contribution is -2.45. The Balaban J connectivity index is -0.000000191. The largest absolute Gasteiger partial charge is 0.460 e. The van der Waals surface area contributed by atoms with E-state index in [0.29, 0.717) is 12.8 Å². The second-order valence-corrected chi connectivity index (χ2v) is 9.76. The average Bonchev–Trinajstić information content (AvgIpc) is 2.81. The summed E-state index contributed by atoms with van der Waals surface area (Å²) in [5, 5.41) is 0. The molecule has 0 aromatic heterocycles. The molecule has 0 radical (unpaired) electrons. The Kier molecular flexibility index (Phi) is 20.1. The molecule has 0 bridgehead atoms. The summed E-state index contributed by atoms with van der Waals surface area (Å²) >= 11 is 0. The standard InChI is InChI=1S/C13H20F4O4.C9H15F3O2.4CH4/c1-5-10(2,3)9(18)19-6-11(4)20-7-12(14,15)13(16,17)8-21-11;1-5-8(3,4)7(13)14-6(2)9(10,11)12;;;;/h5-8H2,1-4H3;6H,5H2,1-4H3;4*1H4. The van der Waals surface area contributed by atoms with Crippen molar-refractivity contribution < 1.29 is 59.3 Å². The molecule has 1 unspecified atom stereocenters. The molecular formula is C26H51F7O6. The Labute approximate surface area is 230 Å². The molecule has 1 saturated heterocycles. The van der Waals surface area contributed by atoms with Gasteiger partial charge in [0.1, 0.15) is 19.8 Å². The van der Waals surface area contributed by atoms with E-state index in [9.17, 15) is 40.3 Å². The number of esters is 2. The molecule has 0 aromatic rings. The molecule has 0 aliphatic carbocycles. The Hall–Kier alpha value is -1.63. The normalized spacial score (nSPS) is 18.4. The number of hydrogen-bond acceptors (Lipinski definition) is 6. The minimum Gasteiger partial charge on any atom is -0.460 e. The van der Waals surface area contributed by atoms with Gasteiger partial charge in [0.05, 0.1) is 10.8 Å². The van der Waals surface area contributed by atoms with Gasteiger partial charge in [-0.05, 0) is 54.4 Å². The summed E-state index contributed by atoms with van der Waals surface area (Å²) in [6.45, 7) is 8.35. The van der Waals surface area contributed by atoms with E-state index in [4.69, 9.17) is 14.2 Å². The molecular weight excluding hydrogens is 541 g/mol. The van der Waals surface area contributed by atoms with Crippen LogP contribution in [0.5, 0.6) is 0 Å². The lowest BCUT2D eigenvalue weighted by Gasteiger charge is -2.29.